The van der Waals surface area contributed by atoms with Crippen LogP contribution in [0.5, 0.6) is 11.6 Å². The van der Waals surface area contributed by atoms with Crippen LogP contribution in [0, 0.1) is 11.6 Å². The van der Waals surface area contributed by atoms with Crippen molar-refractivity contribution in [1.29, 1.82) is 0 Å². The van der Waals surface area contributed by atoms with Crippen molar-refractivity contribution >= 4 is 0 Å². The second-order valence-electron chi connectivity index (χ2n) is 2.74. The second kappa shape index (κ2) is 4.00. The lowest BCUT2D eigenvalue weighted by atomic mass is 10.3. The van der Waals surface area contributed by atoms with Crippen LogP contribution in [0.4, 0.5) is 8.78 Å². The van der Waals surface area contributed by atoms with E-state index in [1.54, 1.807) is 6.07 Å². The third-order valence-corrected chi connectivity index (χ3v) is 1.66. The molecule has 0 spiro atoms. The summed E-state index contributed by atoms with van der Waals surface area (Å²) in [7, 11) is 0. The van der Waals surface area contributed by atoms with E-state index in [0.717, 1.165) is 18.2 Å². The Morgan fingerprint density at radius 3 is 2.73 bits per heavy atom. The van der Waals surface area contributed by atoms with E-state index in [9.17, 15) is 8.78 Å². The van der Waals surface area contributed by atoms with Crippen LogP contribution in [0.15, 0.2) is 36.5 Å². The van der Waals surface area contributed by atoms with E-state index in [1.165, 1.54) is 12.3 Å². The molecule has 2 rings (SSSR count). The maximum Gasteiger partial charge on any atom is 0.238 e. The lowest BCUT2D eigenvalue weighted by molar-refractivity contribution is 0.417. The number of halogens is 2. The Balaban J connectivity index is 2.28. The molecule has 0 atom stereocenters. The van der Waals surface area contributed by atoms with Crippen molar-refractivity contribution in [2.75, 3.05) is 0 Å². The summed E-state index contributed by atoms with van der Waals surface area (Å²) in [6.07, 6.45) is 1.45. The zero-order valence-corrected chi connectivity index (χ0v) is 7.52. The summed E-state index contributed by atoms with van der Waals surface area (Å²) in [5.74, 6) is -1.32. The van der Waals surface area contributed by atoms with Gasteiger partial charge in [0.2, 0.25) is 5.88 Å². The molecule has 1 heterocycles. The maximum absolute atomic E-state index is 13.1. The SMILES string of the molecule is Fc1ccc(F)c(Oc2cccnn2)c1. The fourth-order valence-corrected chi connectivity index (χ4v) is 1.01. The fourth-order valence-electron chi connectivity index (χ4n) is 1.01. The van der Waals surface area contributed by atoms with E-state index < -0.39 is 11.6 Å². The van der Waals surface area contributed by atoms with Gasteiger partial charge in [0.05, 0.1) is 0 Å². The number of benzene rings is 1. The number of hydrogen-bond donors (Lipinski definition) is 0. The molecule has 0 amide bonds. The summed E-state index contributed by atoms with van der Waals surface area (Å²) in [6, 6.07) is 6.03. The van der Waals surface area contributed by atoms with Crippen LogP contribution < -0.4 is 4.74 Å². The van der Waals surface area contributed by atoms with Gasteiger partial charge >= 0.3 is 0 Å². The van der Waals surface area contributed by atoms with Crippen LogP contribution in [0.1, 0.15) is 0 Å². The Hall–Kier alpha value is -2.04. The smallest absolute Gasteiger partial charge is 0.238 e. The first-order valence-corrected chi connectivity index (χ1v) is 4.16. The quantitative estimate of drug-likeness (QED) is 0.760. The van der Waals surface area contributed by atoms with Crippen LogP contribution in [-0.2, 0) is 0 Å². The van der Waals surface area contributed by atoms with Crippen LogP contribution in [0.2, 0.25) is 0 Å². The van der Waals surface area contributed by atoms with Crippen LogP contribution in [-0.4, -0.2) is 10.2 Å². The summed E-state index contributed by atoms with van der Waals surface area (Å²) in [5.41, 5.74) is 0. The summed E-state index contributed by atoms with van der Waals surface area (Å²) < 4.78 is 30.9. The molecule has 0 aliphatic heterocycles. The van der Waals surface area contributed by atoms with E-state index in [-0.39, 0.29) is 11.6 Å². The van der Waals surface area contributed by atoms with E-state index >= 15 is 0 Å². The van der Waals surface area contributed by atoms with Gasteiger partial charge in [-0.2, -0.15) is 5.10 Å². The van der Waals surface area contributed by atoms with Crippen molar-refractivity contribution < 1.29 is 13.5 Å². The first-order valence-electron chi connectivity index (χ1n) is 4.16. The topological polar surface area (TPSA) is 35.0 Å². The minimum absolute atomic E-state index is 0.113. The van der Waals surface area contributed by atoms with Crippen LogP contribution in [0.25, 0.3) is 0 Å². The van der Waals surface area contributed by atoms with E-state index in [1.807, 2.05) is 0 Å². The molecule has 0 saturated heterocycles. The molecule has 76 valence electrons. The van der Waals surface area contributed by atoms with Gasteiger partial charge in [-0.05, 0) is 18.2 Å². The summed E-state index contributed by atoms with van der Waals surface area (Å²) in [5, 5.41) is 7.13. The molecule has 0 fully saturated rings. The molecule has 15 heavy (non-hydrogen) atoms. The fraction of sp³-hybridized carbons (Fsp3) is 0. The van der Waals surface area contributed by atoms with E-state index in [2.05, 4.69) is 10.2 Å². The predicted molar refractivity (Wildman–Crippen MR) is 48.5 cm³/mol. The van der Waals surface area contributed by atoms with Crippen molar-refractivity contribution in [1.82, 2.24) is 10.2 Å². The predicted octanol–water partition coefficient (Wildman–Crippen LogP) is 2.55. The number of hydrogen-bond acceptors (Lipinski definition) is 3. The van der Waals surface area contributed by atoms with Gasteiger partial charge in [-0.1, -0.05) is 0 Å². The molecule has 1 aromatic carbocycles. The molecular weight excluding hydrogens is 202 g/mol. The van der Waals surface area contributed by atoms with Crippen molar-refractivity contribution in [3.63, 3.8) is 0 Å². The zero-order valence-electron chi connectivity index (χ0n) is 7.52. The van der Waals surface area contributed by atoms with E-state index in [4.69, 9.17) is 4.74 Å². The number of aromatic nitrogens is 2. The summed E-state index contributed by atoms with van der Waals surface area (Å²) in [6.45, 7) is 0. The Kier molecular flexibility index (Phi) is 2.53. The minimum atomic E-state index is -0.651. The molecule has 0 aliphatic carbocycles. The highest BCUT2D eigenvalue weighted by atomic mass is 19.1. The second-order valence-corrected chi connectivity index (χ2v) is 2.74. The molecule has 2 aromatic rings. The Bertz CT molecular complexity index is 462. The first-order chi connectivity index (χ1) is 7.25. The van der Waals surface area contributed by atoms with Gasteiger partial charge in [0.25, 0.3) is 0 Å². The Morgan fingerprint density at radius 2 is 2.00 bits per heavy atom. The molecular formula is C10H6F2N2O. The highest BCUT2D eigenvalue weighted by Gasteiger charge is 2.06. The molecule has 0 radical (unpaired) electrons. The number of nitrogens with zero attached hydrogens (tertiary/aromatic N) is 2. The Labute approximate surface area is 84.3 Å². The normalized spacial score (nSPS) is 10.0. The number of ether oxygens (including phenoxy) is 1. The largest absolute Gasteiger partial charge is 0.434 e. The standard InChI is InChI=1S/C10H6F2N2O/c11-7-3-4-8(12)9(6-7)15-10-2-1-5-13-14-10/h1-6H. The third-order valence-electron chi connectivity index (χ3n) is 1.66. The maximum atomic E-state index is 13.1. The third kappa shape index (κ3) is 2.25. The molecule has 0 aliphatic rings. The van der Waals surface area contributed by atoms with Gasteiger partial charge in [-0.25, -0.2) is 8.78 Å². The monoisotopic (exact) mass is 208 g/mol. The van der Waals surface area contributed by atoms with Crippen molar-refractivity contribution in [3.8, 4) is 11.6 Å². The molecule has 5 heteroatoms. The lowest BCUT2D eigenvalue weighted by Gasteiger charge is -2.04. The number of rotatable bonds is 2. The Morgan fingerprint density at radius 1 is 1.13 bits per heavy atom. The summed E-state index contributed by atoms with van der Waals surface area (Å²) >= 11 is 0. The summed E-state index contributed by atoms with van der Waals surface area (Å²) in [4.78, 5) is 0. The minimum Gasteiger partial charge on any atom is -0.434 e. The molecule has 1 aromatic heterocycles. The lowest BCUT2D eigenvalue weighted by Crippen LogP contribution is -1.92. The average molecular weight is 208 g/mol. The van der Waals surface area contributed by atoms with Gasteiger partial charge < -0.3 is 4.74 Å². The van der Waals surface area contributed by atoms with Crippen molar-refractivity contribution in [3.05, 3.63) is 48.2 Å². The molecule has 0 N–H and O–H groups in total. The van der Waals surface area contributed by atoms with Gasteiger partial charge in [0, 0.05) is 18.3 Å². The highest BCUT2D eigenvalue weighted by Crippen LogP contribution is 2.22. The van der Waals surface area contributed by atoms with Crippen LogP contribution in [0.3, 0.4) is 0 Å². The molecule has 3 nitrogen and oxygen atoms in total. The first kappa shape index (κ1) is 9.51. The van der Waals surface area contributed by atoms with Gasteiger partial charge in [0.15, 0.2) is 11.6 Å². The average Bonchev–Trinajstić information content (AvgIpc) is 2.25. The highest BCUT2D eigenvalue weighted by molar-refractivity contribution is 5.28. The van der Waals surface area contributed by atoms with Gasteiger partial charge in [0.1, 0.15) is 5.82 Å². The molecule has 0 unspecified atom stereocenters. The molecule has 0 bridgehead atoms. The van der Waals surface area contributed by atoms with Crippen LogP contribution >= 0.6 is 0 Å². The van der Waals surface area contributed by atoms with Gasteiger partial charge in [-0.3, -0.25) is 0 Å². The van der Waals surface area contributed by atoms with Crippen molar-refractivity contribution in [2.24, 2.45) is 0 Å². The molecule has 0 saturated carbocycles. The van der Waals surface area contributed by atoms with Gasteiger partial charge in [-0.15, -0.1) is 5.10 Å². The van der Waals surface area contributed by atoms with Crippen molar-refractivity contribution in [2.45, 2.75) is 0 Å². The van der Waals surface area contributed by atoms with E-state index in [0.29, 0.717) is 0 Å². The zero-order chi connectivity index (χ0) is 10.7.